The quantitative estimate of drug-likeness (QED) is 0.311. The van der Waals surface area contributed by atoms with Crippen LogP contribution in [0.25, 0.3) is 5.69 Å². The largest absolute Gasteiger partial charge is 0.477 e. The number of hydrogen-bond donors (Lipinski definition) is 3. The van der Waals surface area contributed by atoms with Crippen molar-refractivity contribution in [3.05, 3.63) is 71.8 Å². The first-order valence-corrected chi connectivity index (χ1v) is 12.9. The zero-order valence-electron chi connectivity index (χ0n) is 21.6. The van der Waals surface area contributed by atoms with E-state index < -0.39 is 17.8 Å². The average molecular weight is 518 g/mol. The lowest BCUT2D eigenvalue weighted by atomic mass is 9.93. The van der Waals surface area contributed by atoms with Gasteiger partial charge in [-0.05, 0) is 67.3 Å². The van der Waals surface area contributed by atoms with Crippen LogP contribution in [0.5, 0.6) is 0 Å². The van der Waals surface area contributed by atoms with Gasteiger partial charge in [0.25, 0.3) is 0 Å². The van der Waals surface area contributed by atoms with E-state index in [0.717, 1.165) is 44.0 Å². The number of halogens is 1. The van der Waals surface area contributed by atoms with Gasteiger partial charge in [-0.1, -0.05) is 33.1 Å². The molecule has 2 amide bonds. The molecule has 2 aromatic carbocycles. The summed E-state index contributed by atoms with van der Waals surface area (Å²) in [4.78, 5) is 27.1. The van der Waals surface area contributed by atoms with E-state index in [1.807, 2.05) is 18.2 Å². The molecule has 38 heavy (non-hydrogen) atoms. The molecule has 1 aliphatic carbocycles. The first kappa shape index (κ1) is 26.7. The number of urea groups is 1. The summed E-state index contributed by atoms with van der Waals surface area (Å²) >= 11 is 0. The summed E-state index contributed by atoms with van der Waals surface area (Å²) in [5.41, 5.74) is 2.09. The second-order valence-corrected chi connectivity index (χ2v) is 9.99. The maximum atomic E-state index is 14.4. The fourth-order valence-corrected chi connectivity index (χ4v) is 5.00. The van der Waals surface area contributed by atoms with Crippen LogP contribution in [0.3, 0.4) is 0 Å². The van der Waals surface area contributed by atoms with E-state index in [1.54, 1.807) is 22.9 Å². The van der Waals surface area contributed by atoms with Crippen LogP contribution in [0.2, 0.25) is 0 Å². The fraction of sp³-hybridized carbons (Fsp3) is 0.345. The molecule has 198 valence electrons. The minimum Gasteiger partial charge on any atom is -0.477 e. The van der Waals surface area contributed by atoms with Crippen LogP contribution in [0.4, 0.5) is 26.2 Å². The summed E-state index contributed by atoms with van der Waals surface area (Å²) in [6.45, 7) is 5.09. The second-order valence-electron chi connectivity index (χ2n) is 9.99. The molecule has 1 aliphatic rings. The molecule has 0 atom stereocenters. The van der Waals surface area contributed by atoms with Gasteiger partial charge in [0.2, 0.25) is 0 Å². The summed E-state index contributed by atoms with van der Waals surface area (Å²) in [5.74, 6) is -1.41. The maximum Gasteiger partial charge on any atom is 0.352 e. The van der Waals surface area contributed by atoms with Crippen molar-refractivity contribution in [3.63, 3.8) is 0 Å². The van der Waals surface area contributed by atoms with E-state index in [1.165, 1.54) is 24.6 Å². The number of nitrogens with one attached hydrogen (secondary N) is 2. The number of anilines is 3. The van der Waals surface area contributed by atoms with Crippen LogP contribution < -0.4 is 15.5 Å². The predicted octanol–water partition coefficient (Wildman–Crippen LogP) is 6.63. The third-order valence-corrected chi connectivity index (χ3v) is 6.71. The minimum absolute atomic E-state index is 0.0518. The minimum atomic E-state index is -1.06. The maximum absolute atomic E-state index is 14.4. The SMILES string of the molecule is CC(C)CN(c1ccc(-n2cccc2C(=O)O)cc1NC(=O)Nc1ccc(C#N)cc1F)C1CCCCC1. The van der Waals surface area contributed by atoms with Crippen LogP contribution in [-0.2, 0) is 0 Å². The van der Waals surface area contributed by atoms with Gasteiger partial charge in [-0.3, -0.25) is 0 Å². The first-order valence-electron chi connectivity index (χ1n) is 12.9. The third-order valence-electron chi connectivity index (χ3n) is 6.71. The van der Waals surface area contributed by atoms with Crippen LogP contribution in [0, 0.1) is 23.1 Å². The predicted molar refractivity (Wildman–Crippen MR) is 146 cm³/mol. The molecule has 3 aromatic rings. The zero-order valence-corrected chi connectivity index (χ0v) is 21.6. The van der Waals surface area contributed by atoms with Crippen molar-refractivity contribution in [2.45, 2.75) is 52.0 Å². The van der Waals surface area contributed by atoms with Gasteiger partial charge in [0.1, 0.15) is 11.5 Å². The summed E-state index contributed by atoms with van der Waals surface area (Å²) in [7, 11) is 0. The van der Waals surface area contributed by atoms with Crippen molar-refractivity contribution in [1.29, 1.82) is 5.26 Å². The van der Waals surface area contributed by atoms with Crippen LogP contribution in [-0.4, -0.2) is 34.3 Å². The lowest BCUT2D eigenvalue weighted by molar-refractivity contribution is 0.0688. The number of carboxylic acid groups (broad SMARTS) is 1. The Hall–Kier alpha value is -4.32. The molecule has 0 radical (unpaired) electrons. The van der Waals surface area contributed by atoms with Gasteiger partial charge in [0.05, 0.1) is 28.7 Å². The lowest BCUT2D eigenvalue weighted by Crippen LogP contribution is -2.40. The zero-order chi connectivity index (χ0) is 27.2. The van der Waals surface area contributed by atoms with Crippen molar-refractivity contribution in [1.82, 2.24) is 4.57 Å². The molecule has 4 rings (SSSR count). The standard InChI is InChI=1S/C29H32FN5O3/c1-19(2)18-35(21-7-4-3-5-8-21)26-13-11-22(34-14-6-9-27(34)28(36)37)16-25(26)33-29(38)32-24-12-10-20(17-31)15-23(24)30/h6,9-16,19,21H,3-5,7-8,18H2,1-2H3,(H,36,37)(H2,32,33,38). The Labute approximate surface area is 221 Å². The molecule has 0 unspecified atom stereocenters. The van der Waals surface area contributed by atoms with Crippen LogP contribution >= 0.6 is 0 Å². The summed E-state index contributed by atoms with van der Waals surface area (Å²) in [6.07, 6.45) is 7.25. The number of carbonyl (C=O) groups excluding carboxylic acids is 1. The van der Waals surface area contributed by atoms with Crippen molar-refractivity contribution in [2.75, 3.05) is 22.1 Å². The molecule has 1 heterocycles. The van der Waals surface area contributed by atoms with E-state index in [4.69, 9.17) is 5.26 Å². The van der Waals surface area contributed by atoms with Gasteiger partial charge in [-0.25, -0.2) is 14.0 Å². The number of rotatable bonds is 8. The van der Waals surface area contributed by atoms with Crippen molar-refractivity contribution >= 4 is 29.1 Å². The number of nitriles is 1. The van der Waals surface area contributed by atoms with E-state index in [2.05, 4.69) is 29.4 Å². The number of benzene rings is 2. The second kappa shape index (κ2) is 11.8. The monoisotopic (exact) mass is 517 g/mol. The number of nitrogens with zero attached hydrogens (tertiary/aromatic N) is 3. The average Bonchev–Trinajstić information content (AvgIpc) is 3.39. The number of hydrogen-bond acceptors (Lipinski definition) is 4. The Morgan fingerprint density at radius 3 is 2.50 bits per heavy atom. The molecular weight excluding hydrogens is 485 g/mol. The van der Waals surface area contributed by atoms with Gasteiger partial charge in [0, 0.05) is 24.5 Å². The molecule has 3 N–H and O–H groups in total. The first-order chi connectivity index (χ1) is 18.3. The van der Waals surface area contributed by atoms with Gasteiger partial charge >= 0.3 is 12.0 Å². The molecule has 1 fully saturated rings. The molecule has 0 bridgehead atoms. The molecule has 1 aromatic heterocycles. The summed E-state index contributed by atoms with van der Waals surface area (Å²) in [5, 5.41) is 24.0. The molecule has 9 heteroatoms. The van der Waals surface area contributed by atoms with Gasteiger partial charge in [0.15, 0.2) is 0 Å². The third kappa shape index (κ3) is 6.14. The number of aromatic nitrogens is 1. The highest BCUT2D eigenvalue weighted by Crippen LogP contribution is 2.35. The van der Waals surface area contributed by atoms with E-state index >= 15 is 0 Å². The highest BCUT2D eigenvalue weighted by Gasteiger charge is 2.25. The lowest BCUT2D eigenvalue weighted by Gasteiger charge is -2.38. The Kier molecular flexibility index (Phi) is 8.31. The topological polar surface area (TPSA) is 110 Å². The Balaban J connectivity index is 1.72. The van der Waals surface area contributed by atoms with Crippen LogP contribution in [0.15, 0.2) is 54.7 Å². The normalized spacial score (nSPS) is 13.7. The highest BCUT2D eigenvalue weighted by molar-refractivity contribution is 6.02. The number of amides is 2. The highest BCUT2D eigenvalue weighted by atomic mass is 19.1. The molecule has 0 saturated heterocycles. The number of carboxylic acids is 1. The molecule has 1 saturated carbocycles. The van der Waals surface area contributed by atoms with Gasteiger partial charge in [-0.2, -0.15) is 5.26 Å². The molecule has 0 spiro atoms. The van der Waals surface area contributed by atoms with Gasteiger partial charge < -0.3 is 25.2 Å². The molecule has 8 nitrogen and oxygen atoms in total. The fourth-order valence-electron chi connectivity index (χ4n) is 5.00. The van der Waals surface area contributed by atoms with E-state index in [-0.39, 0.29) is 16.9 Å². The van der Waals surface area contributed by atoms with Crippen molar-refractivity contribution < 1.29 is 19.1 Å². The number of aromatic carboxylic acids is 1. The van der Waals surface area contributed by atoms with Crippen LogP contribution in [0.1, 0.15) is 62.0 Å². The van der Waals surface area contributed by atoms with E-state index in [0.29, 0.717) is 23.3 Å². The van der Waals surface area contributed by atoms with Crippen molar-refractivity contribution in [3.8, 4) is 11.8 Å². The van der Waals surface area contributed by atoms with Gasteiger partial charge in [-0.15, -0.1) is 0 Å². The van der Waals surface area contributed by atoms with Crippen molar-refractivity contribution in [2.24, 2.45) is 5.92 Å². The van der Waals surface area contributed by atoms with E-state index in [9.17, 15) is 19.1 Å². The number of carbonyl (C=O) groups is 2. The Morgan fingerprint density at radius 1 is 1.11 bits per heavy atom. The summed E-state index contributed by atoms with van der Waals surface area (Å²) < 4.78 is 16.0. The Morgan fingerprint density at radius 2 is 1.84 bits per heavy atom. The molecular formula is C29H32FN5O3. The summed E-state index contributed by atoms with van der Waals surface area (Å²) in [6, 6.07) is 14.0. The Bertz CT molecular complexity index is 1350. The molecule has 0 aliphatic heterocycles. The smallest absolute Gasteiger partial charge is 0.352 e.